The van der Waals surface area contributed by atoms with Crippen LogP contribution < -0.4 is 9.80 Å². The number of benzene rings is 3. The van der Waals surface area contributed by atoms with Crippen molar-refractivity contribution in [1.29, 1.82) is 0 Å². The van der Waals surface area contributed by atoms with Crippen LogP contribution in [0, 0.1) is 13.8 Å². The fourth-order valence-electron chi connectivity index (χ4n) is 4.25. The van der Waals surface area contributed by atoms with Crippen LogP contribution in [0.4, 0.5) is 11.6 Å². The summed E-state index contributed by atoms with van der Waals surface area (Å²) in [5.74, 6) is 0.814. The van der Waals surface area contributed by atoms with Crippen LogP contribution in [0.2, 0.25) is 0 Å². The zero-order chi connectivity index (χ0) is 21.4. The van der Waals surface area contributed by atoms with Crippen molar-refractivity contribution in [2.75, 3.05) is 36.0 Å². The average Bonchev–Trinajstić information content (AvgIpc) is 2.81. The number of rotatable bonds is 3. The molecular formula is C26H25BrN4. The fraction of sp³-hybridized carbons (Fsp3) is 0.231. The molecule has 5 heteroatoms. The zero-order valence-corrected chi connectivity index (χ0v) is 19.4. The minimum Gasteiger partial charge on any atom is -0.368 e. The average molecular weight is 473 g/mol. The summed E-state index contributed by atoms with van der Waals surface area (Å²) in [6.07, 6.45) is 0. The molecule has 1 fully saturated rings. The first-order valence-corrected chi connectivity index (χ1v) is 11.5. The van der Waals surface area contributed by atoms with Gasteiger partial charge in [0.25, 0.3) is 0 Å². The first-order chi connectivity index (χ1) is 15.1. The molecule has 31 heavy (non-hydrogen) atoms. The second-order valence-electron chi connectivity index (χ2n) is 8.16. The molecule has 0 bridgehead atoms. The molecule has 156 valence electrons. The third kappa shape index (κ3) is 4.02. The van der Waals surface area contributed by atoms with Gasteiger partial charge in [0.1, 0.15) is 0 Å². The molecule has 1 aromatic heterocycles. The van der Waals surface area contributed by atoms with Gasteiger partial charge in [-0.25, -0.2) is 9.97 Å². The molecule has 0 unspecified atom stereocenters. The van der Waals surface area contributed by atoms with Crippen LogP contribution in [-0.2, 0) is 0 Å². The Morgan fingerprint density at radius 3 is 2.29 bits per heavy atom. The zero-order valence-electron chi connectivity index (χ0n) is 17.8. The summed E-state index contributed by atoms with van der Waals surface area (Å²) in [6.45, 7) is 8.09. The summed E-state index contributed by atoms with van der Waals surface area (Å²) in [6, 6.07) is 23.3. The van der Waals surface area contributed by atoms with E-state index in [2.05, 4.69) is 94.2 Å². The van der Waals surface area contributed by atoms with Crippen molar-refractivity contribution in [2.45, 2.75) is 13.8 Å². The fourth-order valence-corrected chi connectivity index (χ4v) is 4.61. The molecule has 0 N–H and O–H groups in total. The maximum Gasteiger partial charge on any atom is 0.226 e. The first-order valence-electron chi connectivity index (χ1n) is 10.7. The Morgan fingerprint density at radius 1 is 0.774 bits per heavy atom. The van der Waals surface area contributed by atoms with Gasteiger partial charge in [-0.2, -0.15) is 0 Å². The van der Waals surface area contributed by atoms with Crippen LogP contribution in [0.5, 0.6) is 0 Å². The Kier molecular flexibility index (Phi) is 5.36. The smallest absolute Gasteiger partial charge is 0.226 e. The molecule has 0 aliphatic carbocycles. The summed E-state index contributed by atoms with van der Waals surface area (Å²) in [5.41, 5.74) is 7.05. The third-order valence-corrected chi connectivity index (χ3v) is 6.45. The molecule has 1 aliphatic rings. The minimum atomic E-state index is 0.814. The van der Waals surface area contributed by atoms with E-state index in [9.17, 15) is 0 Å². The summed E-state index contributed by atoms with van der Waals surface area (Å²) in [4.78, 5) is 14.8. The topological polar surface area (TPSA) is 32.3 Å². The van der Waals surface area contributed by atoms with Crippen LogP contribution in [0.25, 0.3) is 22.2 Å². The lowest BCUT2D eigenvalue weighted by Crippen LogP contribution is -2.47. The van der Waals surface area contributed by atoms with Gasteiger partial charge in [0.2, 0.25) is 5.95 Å². The number of piperazine rings is 1. The van der Waals surface area contributed by atoms with E-state index >= 15 is 0 Å². The SMILES string of the molecule is Cc1ccc(C)c(N2CCN(c3nc(-c4ccccc4)c4cc(Br)ccc4n3)CC2)c1. The summed E-state index contributed by atoms with van der Waals surface area (Å²) < 4.78 is 1.04. The molecule has 0 saturated carbocycles. The summed E-state index contributed by atoms with van der Waals surface area (Å²) >= 11 is 3.60. The summed E-state index contributed by atoms with van der Waals surface area (Å²) in [5, 5.41) is 1.07. The van der Waals surface area contributed by atoms with E-state index in [4.69, 9.17) is 9.97 Å². The predicted molar refractivity (Wildman–Crippen MR) is 133 cm³/mol. The highest BCUT2D eigenvalue weighted by molar-refractivity contribution is 9.10. The van der Waals surface area contributed by atoms with Gasteiger partial charge in [0.15, 0.2) is 0 Å². The monoisotopic (exact) mass is 472 g/mol. The van der Waals surface area contributed by atoms with Crippen molar-refractivity contribution in [3.8, 4) is 11.3 Å². The van der Waals surface area contributed by atoms with Crippen molar-refractivity contribution in [3.63, 3.8) is 0 Å². The number of anilines is 2. The number of fused-ring (bicyclic) bond motifs is 1. The van der Waals surface area contributed by atoms with Crippen LogP contribution in [0.1, 0.15) is 11.1 Å². The van der Waals surface area contributed by atoms with Crippen molar-refractivity contribution in [3.05, 3.63) is 82.3 Å². The number of hydrogen-bond donors (Lipinski definition) is 0. The highest BCUT2D eigenvalue weighted by atomic mass is 79.9. The van der Waals surface area contributed by atoms with E-state index in [1.807, 2.05) is 12.1 Å². The Bertz CT molecular complexity index is 1230. The largest absolute Gasteiger partial charge is 0.368 e. The Morgan fingerprint density at radius 2 is 1.52 bits per heavy atom. The molecule has 0 radical (unpaired) electrons. The van der Waals surface area contributed by atoms with Crippen molar-refractivity contribution in [1.82, 2.24) is 9.97 Å². The van der Waals surface area contributed by atoms with Crippen molar-refractivity contribution >= 4 is 38.5 Å². The maximum atomic E-state index is 5.04. The maximum absolute atomic E-state index is 5.04. The van der Waals surface area contributed by atoms with Crippen LogP contribution in [-0.4, -0.2) is 36.1 Å². The van der Waals surface area contributed by atoms with Gasteiger partial charge in [-0.05, 0) is 49.2 Å². The second-order valence-corrected chi connectivity index (χ2v) is 9.08. The Labute approximate surface area is 191 Å². The number of hydrogen-bond acceptors (Lipinski definition) is 4. The van der Waals surface area contributed by atoms with Gasteiger partial charge in [-0.3, -0.25) is 0 Å². The summed E-state index contributed by atoms with van der Waals surface area (Å²) in [7, 11) is 0. The number of aryl methyl sites for hydroxylation is 2. The highest BCUT2D eigenvalue weighted by Gasteiger charge is 2.22. The van der Waals surface area contributed by atoms with Crippen molar-refractivity contribution in [2.24, 2.45) is 0 Å². The third-order valence-electron chi connectivity index (χ3n) is 5.96. The lowest BCUT2D eigenvalue weighted by molar-refractivity contribution is 0.640. The second kappa shape index (κ2) is 8.31. The molecule has 4 nitrogen and oxygen atoms in total. The molecular weight excluding hydrogens is 448 g/mol. The van der Waals surface area contributed by atoms with Crippen LogP contribution >= 0.6 is 15.9 Å². The van der Waals surface area contributed by atoms with Gasteiger partial charge in [0, 0.05) is 47.3 Å². The number of halogens is 1. The van der Waals surface area contributed by atoms with E-state index < -0.39 is 0 Å². The molecule has 0 atom stereocenters. The Hall–Kier alpha value is -2.92. The molecule has 4 aromatic rings. The lowest BCUT2D eigenvalue weighted by atomic mass is 10.1. The van der Waals surface area contributed by atoms with Gasteiger partial charge in [0.05, 0.1) is 11.2 Å². The van der Waals surface area contributed by atoms with Gasteiger partial charge < -0.3 is 9.80 Å². The lowest BCUT2D eigenvalue weighted by Gasteiger charge is -2.37. The predicted octanol–water partition coefficient (Wildman–Crippen LogP) is 6.00. The van der Waals surface area contributed by atoms with Gasteiger partial charge >= 0.3 is 0 Å². The van der Waals surface area contributed by atoms with Gasteiger partial charge in [-0.15, -0.1) is 0 Å². The number of nitrogens with zero attached hydrogens (tertiary/aromatic N) is 4. The highest BCUT2D eigenvalue weighted by Crippen LogP contribution is 2.31. The van der Waals surface area contributed by atoms with E-state index in [1.54, 1.807) is 0 Å². The standard InChI is InChI=1S/C26H25BrN4/c1-18-8-9-19(2)24(16-18)30-12-14-31(15-13-30)26-28-23-11-10-21(27)17-22(23)25(29-26)20-6-4-3-5-7-20/h3-11,16-17H,12-15H2,1-2H3. The molecule has 5 rings (SSSR count). The molecule has 0 amide bonds. The molecule has 2 heterocycles. The van der Waals surface area contributed by atoms with Gasteiger partial charge in [-0.1, -0.05) is 58.4 Å². The molecule has 3 aromatic carbocycles. The number of aromatic nitrogens is 2. The molecule has 1 aliphatic heterocycles. The van der Waals surface area contributed by atoms with E-state index in [1.165, 1.54) is 16.8 Å². The normalized spacial score (nSPS) is 14.3. The first kappa shape index (κ1) is 20.0. The van der Waals surface area contributed by atoms with Crippen LogP contribution in [0.15, 0.2) is 71.2 Å². The van der Waals surface area contributed by atoms with E-state index in [-0.39, 0.29) is 0 Å². The van der Waals surface area contributed by atoms with Crippen LogP contribution in [0.3, 0.4) is 0 Å². The molecule has 1 saturated heterocycles. The Balaban J connectivity index is 1.47. The molecule has 0 spiro atoms. The van der Waals surface area contributed by atoms with E-state index in [0.29, 0.717) is 0 Å². The minimum absolute atomic E-state index is 0.814. The van der Waals surface area contributed by atoms with Crippen molar-refractivity contribution < 1.29 is 0 Å². The quantitative estimate of drug-likeness (QED) is 0.365. The van der Waals surface area contributed by atoms with E-state index in [0.717, 1.165) is 58.8 Å².